The third kappa shape index (κ3) is 4.20. The van der Waals surface area contributed by atoms with Crippen LogP contribution >= 0.6 is 0 Å². The zero-order valence-corrected chi connectivity index (χ0v) is 18.5. The smallest absolute Gasteiger partial charge is 0.257 e. The van der Waals surface area contributed by atoms with Crippen molar-refractivity contribution < 1.29 is 23.9 Å². The molecule has 1 atom stereocenters. The van der Waals surface area contributed by atoms with Crippen LogP contribution in [0.15, 0.2) is 48.5 Å². The van der Waals surface area contributed by atoms with Gasteiger partial charge in [0.25, 0.3) is 11.8 Å². The van der Waals surface area contributed by atoms with Crippen molar-refractivity contribution in [2.24, 2.45) is 0 Å². The number of rotatable bonds is 6. The molecule has 7 heteroatoms. The van der Waals surface area contributed by atoms with Crippen LogP contribution in [0.4, 0.5) is 5.69 Å². The van der Waals surface area contributed by atoms with Crippen LogP contribution in [0.3, 0.4) is 0 Å². The molecule has 3 amide bonds. The van der Waals surface area contributed by atoms with Gasteiger partial charge < -0.3 is 14.4 Å². The Morgan fingerprint density at radius 2 is 1.62 bits per heavy atom. The fourth-order valence-corrected chi connectivity index (χ4v) is 4.66. The van der Waals surface area contributed by atoms with Crippen molar-refractivity contribution in [2.75, 3.05) is 19.1 Å². The molecular weight excluding hydrogens is 408 g/mol. The number of anilines is 1. The second-order valence-electron chi connectivity index (χ2n) is 8.22. The van der Waals surface area contributed by atoms with Gasteiger partial charge in [-0.2, -0.15) is 0 Å². The minimum absolute atomic E-state index is 0.0168. The molecule has 7 nitrogen and oxygen atoms in total. The number of carbonyl (C=O) groups is 3. The predicted octanol–water partition coefficient (Wildman–Crippen LogP) is 3.81. The number of amides is 3. The van der Waals surface area contributed by atoms with Crippen LogP contribution in [0, 0.1) is 0 Å². The van der Waals surface area contributed by atoms with Crippen molar-refractivity contribution >= 4 is 23.4 Å². The van der Waals surface area contributed by atoms with Gasteiger partial charge in [0, 0.05) is 11.6 Å². The van der Waals surface area contributed by atoms with E-state index in [-0.39, 0.29) is 30.2 Å². The Morgan fingerprint density at radius 3 is 2.28 bits per heavy atom. The van der Waals surface area contributed by atoms with E-state index in [0.717, 1.165) is 32.1 Å². The topological polar surface area (TPSA) is 76.2 Å². The van der Waals surface area contributed by atoms with Crippen molar-refractivity contribution in [1.29, 1.82) is 0 Å². The Bertz CT molecular complexity index is 998. The maximum absolute atomic E-state index is 13.7. The standard InChI is InChI=1S/C25H28N2O5/c1-31-20-13-11-19(12-14-20)27-23(28)16-22(25(27)30)26(18-8-4-3-5-9-18)24(29)17-7-6-10-21(15-17)32-2/h6-7,10-15,18,22H,3-5,8-9,16H2,1-2H3. The molecule has 32 heavy (non-hydrogen) atoms. The summed E-state index contributed by atoms with van der Waals surface area (Å²) in [4.78, 5) is 42.9. The number of carbonyl (C=O) groups excluding carboxylic acids is 3. The van der Waals surface area contributed by atoms with Crippen LogP contribution in [-0.4, -0.2) is 48.9 Å². The normalized spacial score (nSPS) is 19.2. The summed E-state index contributed by atoms with van der Waals surface area (Å²) in [6.45, 7) is 0. The average Bonchev–Trinajstić information content (AvgIpc) is 3.13. The van der Waals surface area contributed by atoms with Gasteiger partial charge in [-0.3, -0.25) is 14.4 Å². The minimum atomic E-state index is -0.814. The average molecular weight is 437 g/mol. The monoisotopic (exact) mass is 436 g/mol. The van der Waals surface area contributed by atoms with Crippen molar-refractivity contribution in [3.63, 3.8) is 0 Å². The van der Waals surface area contributed by atoms with E-state index in [0.29, 0.717) is 22.7 Å². The highest BCUT2D eigenvalue weighted by Crippen LogP contribution is 2.33. The lowest BCUT2D eigenvalue weighted by atomic mass is 9.92. The number of ether oxygens (including phenoxy) is 2. The molecule has 1 aliphatic heterocycles. The first-order chi connectivity index (χ1) is 15.5. The van der Waals surface area contributed by atoms with Crippen molar-refractivity contribution in [3.8, 4) is 11.5 Å². The second kappa shape index (κ2) is 9.42. The number of hydrogen-bond donors (Lipinski definition) is 0. The zero-order chi connectivity index (χ0) is 22.7. The number of methoxy groups -OCH3 is 2. The predicted molar refractivity (Wildman–Crippen MR) is 120 cm³/mol. The van der Waals surface area contributed by atoms with E-state index in [2.05, 4.69) is 0 Å². The molecule has 0 aromatic heterocycles. The molecule has 0 N–H and O–H groups in total. The van der Waals surface area contributed by atoms with Gasteiger partial charge in [-0.1, -0.05) is 25.3 Å². The molecule has 1 heterocycles. The van der Waals surface area contributed by atoms with Crippen LogP contribution in [0.1, 0.15) is 48.9 Å². The molecule has 1 saturated heterocycles. The Morgan fingerprint density at radius 1 is 0.938 bits per heavy atom. The number of imide groups is 1. The van der Waals surface area contributed by atoms with Crippen molar-refractivity contribution in [2.45, 2.75) is 50.6 Å². The summed E-state index contributed by atoms with van der Waals surface area (Å²) in [6, 6.07) is 12.9. The molecule has 0 spiro atoms. The summed E-state index contributed by atoms with van der Waals surface area (Å²) in [6.07, 6.45) is 4.77. The van der Waals surface area contributed by atoms with Crippen LogP contribution in [0.2, 0.25) is 0 Å². The quantitative estimate of drug-likeness (QED) is 0.644. The molecule has 1 unspecified atom stereocenters. The summed E-state index contributed by atoms with van der Waals surface area (Å²) < 4.78 is 10.4. The van der Waals surface area contributed by atoms with Gasteiger partial charge >= 0.3 is 0 Å². The van der Waals surface area contributed by atoms with Gasteiger partial charge in [0.1, 0.15) is 17.5 Å². The molecular formula is C25H28N2O5. The molecule has 2 fully saturated rings. The van der Waals surface area contributed by atoms with Gasteiger partial charge in [-0.05, 0) is 55.3 Å². The summed E-state index contributed by atoms with van der Waals surface area (Å²) in [5, 5.41) is 0. The minimum Gasteiger partial charge on any atom is -0.497 e. The third-order valence-corrected chi connectivity index (χ3v) is 6.31. The number of benzene rings is 2. The van der Waals surface area contributed by atoms with E-state index < -0.39 is 6.04 Å². The Kier molecular flexibility index (Phi) is 6.44. The van der Waals surface area contributed by atoms with Crippen molar-refractivity contribution in [3.05, 3.63) is 54.1 Å². The van der Waals surface area contributed by atoms with Gasteiger partial charge in [-0.15, -0.1) is 0 Å². The highest BCUT2D eigenvalue weighted by Gasteiger charge is 2.46. The molecule has 1 saturated carbocycles. The molecule has 168 valence electrons. The van der Waals surface area contributed by atoms with Gasteiger partial charge in [0.15, 0.2) is 0 Å². The molecule has 2 aromatic rings. The third-order valence-electron chi connectivity index (χ3n) is 6.31. The molecule has 2 aromatic carbocycles. The Labute approximate surface area is 187 Å². The molecule has 4 rings (SSSR count). The van der Waals surface area contributed by atoms with Crippen LogP contribution in [0.5, 0.6) is 11.5 Å². The lowest BCUT2D eigenvalue weighted by Gasteiger charge is -2.37. The van der Waals surface area contributed by atoms with Gasteiger partial charge in [0.05, 0.1) is 26.3 Å². The molecule has 0 bridgehead atoms. The van der Waals surface area contributed by atoms with E-state index in [4.69, 9.17) is 9.47 Å². The summed E-state index contributed by atoms with van der Waals surface area (Å²) in [5.41, 5.74) is 0.943. The van der Waals surface area contributed by atoms with Crippen LogP contribution in [-0.2, 0) is 9.59 Å². The van der Waals surface area contributed by atoms with E-state index in [9.17, 15) is 14.4 Å². The van der Waals surface area contributed by atoms with E-state index in [1.165, 1.54) is 4.90 Å². The first-order valence-electron chi connectivity index (χ1n) is 11.0. The highest BCUT2D eigenvalue weighted by atomic mass is 16.5. The van der Waals surface area contributed by atoms with Crippen LogP contribution in [0.25, 0.3) is 0 Å². The van der Waals surface area contributed by atoms with Gasteiger partial charge in [-0.25, -0.2) is 4.90 Å². The van der Waals surface area contributed by atoms with Crippen molar-refractivity contribution in [1.82, 2.24) is 4.90 Å². The summed E-state index contributed by atoms with van der Waals surface area (Å²) >= 11 is 0. The van der Waals surface area contributed by atoms with Gasteiger partial charge in [0.2, 0.25) is 5.91 Å². The summed E-state index contributed by atoms with van der Waals surface area (Å²) in [5.74, 6) is 0.319. The zero-order valence-electron chi connectivity index (χ0n) is 18.5. The largest absolute Gasteiger partial charge is 0.497 e. The van der Waals surface area contributed by atoms with E-state index >= 15 is 0 Å². The second-order valence-corrected chi connectivity index (χ2v) is 8.22. The van der Waals surface area contributed by atoms with E-state index in [1.54, 1.807) is 67.7 Å². The fourth-order valence-electron chi connectivity index (χ4n) is 4.66. The molecule has 2 aliphatic rings. The lowest BCUT2D eigenvalue weighted by molar-refractivity contribution is -0.123. The highest BCUT2D eigenvalue weighted by molar-refractivity contribution is 6.23. The first-order valence-corrected chi connectivity index (χ1v) is 11.0. The van der Waals surface area contributed by atoms with E-state index in [1.807, 2.05) is 0 Å². The Hall–Kier alpha value is -3.35. The number of nitrogens with zero attached hydrogens (tertiary/aromatic N) is 2. The molecule has 0 radical (unpaired) electrons. The fraction of sp³-hybridized carbons (Fsp3) is 0.400. The number of hydrogen-bond acceptors (Lipinski definition) is 5. The molecule has 1 aliphatic carbocycles. The maximum Gasteiger partial charge on any atom is 0.257 e. The SMILES string of the molecule is COc1ccc(N2C(=O)CC(N(C(=O)c3cccc(OC)c3)C3CCCCC3)C2=O)cc1. The lowest BCUT2D eigenvalue weighted by Crippen LogP contribution is -2.51. The summed E-state index contributed by atoms with van der Waals surface area (Å²) in [7, 11) is 3.11. The first kappa shape index (κ1) is 21.9. The Balaban J connectivity index is 1.66. The maximum atomic E-state index is 13.7. The van der Waals surface area contributed by atoms with Crippen LogP contribution < -0.4 is 14.4 Å².